The van der Waals surface area contributed by atoms with Gasteiger partial charge in [-0.15, -0.1) is 0 Å². The van der Waals surface area contributed by atoms with Crippen molar-refractivity contribution in [2.75, 3.05) is 19.6 Å². The standard InChI is InChI=1S/C22H25N3O5/c26-17(12-25-21(28)18-14-3-4-15(10-14)19(18)22(25)29)24-7-5-13(6-8-24)20(27)23-11-16-2-1-9-30-16/h1-4,9,13-15,18-19H,5-8,10-12H2,(H,23,27). The van der Waals surface area contributed by atoms with Gasteiger partial charge < -0.3 is 14.6 Å². The van der Waals surface area contributed by atoms with Crippen LogP contribution in [0.2, 0.25) is 0 Å². The van der Waals surface area contributed by atoms with Gasteiger partial charge in [0.25, 0.3) is 0 Å². The topological polar surface area (TPSA) is 99.9 Å². The molecule has 2 aliphatic carbocycles. The molecule has 4 atom stereocenters. The number of fused-ring (bicyclic) bond motifs is 5. The van der Waals surface area contributed by atoms with Crippen molar-refractivity contribution in [2.24, 2.45) is 29.6 Å². The predicted molar refractivity (Wildman–Crippen MR) is 104 cm³/mol. The zero-order valence-electron chi connectivity index (χ0n) is 16.7. The third-order valence-electron chi connectivity index (χ3n) is 7.09. The van der Waals surface area contributed by atoms with Crippen LogP contribution in [0.1, 0.15) is 25.0 Å². The lowest BCUT2D eigenvalue weighted by molar-refractivity contribution is -0.147. The van der Waals surface area contributed by atoms with E-state index in [-0.39, 0.29) is 59.8 Å². The Morgan fingerprint density at radius 1 is 1.07 bits per heavy atom. The molecule has 158 valence electrons. The van der Waals surface area contributed by atoms with Crippen molar-refractivity contribution < 1.29 is 23.6 Å². The number of rotatable bonds is 5. The molecular formula is C22H25N3O5. The molecule has 0 aromatic carbocycles. The van der Waals surface area contributed by atoms with Gasteiger partial charge in [0.15, 0.2) is 0 Å². The molecule has 1 N–H and O–H groups in total. The van der Waals surface area contributed by atoms with Crippen LogP contribution in [0.3, 0.4) is 0 Å². The first kappa shape index (κ1) is 19.1. The van der Waals surface area contributed by atoms with Crippen molar-refractivity contribution >= 4 is 23.6 Å². The van der Waals surface area contributed by atoms with Gasteiger partial charge in [-0.2, -0.15) is 0 Å². The summed E-state index contributed by atoms with van der Waals surface area (Å²) < 4.78 is 5.21. The lowest BCUT2D eigenvalue weighted by Gasteiger charge is -2.32. The van der Waals surface area contributed by atoms with Crippen molar-refractivity contribution in [3.8, 4) is 0 Å². The molecule has 8 nitrogen and oxygen atoms in total. The van der Waals surface area contributed by atoms with Gasteiger partial charge in [0.2, 0.25) is 23.6 Å². The van der Waals surface area contributed by atoms with Crippen LogP contribution in [0.4, 0.5) is 0 Å². The van der Waals surface area contributed by atoms with Gasteiger partial charge in [0, 0.05) is 19.0 Å². The first-order valence-electron chi connectivity index (χ1n) is 10.6. The Kier molecular flexibility index (Phi) is 4.72. The Labute approximate surface area is 174 Å². The highest BCUT2D eigenvalue weighted by molar-refractivity contribution is 6.08. The Bertz CT molecular complexity index is 870. The number of amides is 4. The molecule has 8 heteroatoms. The number of carbonyl (C=O) groups excluding carboxylic acids is 4. The largest absolute Gasteiger partial charge is 0.467 e. The second-order valence-electron chi connectivity index (χ2n) is 8.71. The van der Waals surface area contributed by atoms with Crippen molar-refractivity contribution in [1.82, 2.24) is 15.1 Å². The van der Waals surface area contributed by atoms with E-state index in [1.165, 1.54) is 4.90 Å². The Morgan fingerprint density at radius 3 is 2.33 bits per heavy atom. The third-order valence-corrected chi connectivity index (χ3v) is 7.09. The summed E-state index contributed by atoms with van der Waals surface area (Å²) in [7, 11) is 0. The maximum atomic E-state index is 12.8. The molecule has 30 heavy (non-hydrogen) atoms. The number of likely N-dealkylation sites (tertiary alicyclic amines) is 2. The summed E-state index contributed by atoms with van der Waals surface area (Å²) >= 11 is 0. The minimum absolute atomic E-state index is 0.0424. The van der Waals surface area contributed by atoms with Gasteiger partial charge >= 0.3 is 0 Å². The van der Waals surface area contributed by atoms with Gasteiger partial charge in [-0.25, -0.2) is 0 Å². The fraction of sp³-hybridized carbons (Fsp3) is 0.545. The van der Waals surface area contributed by atoms with Gasteiger partial charge in [-0.3, -0.25) is 24.1 Å². The summed E-state index contributed by atoms with van der Waals surface area (Å²) in [5, 5.41) is 2.87. The summed E-state index contributed by atoms with van der Waals surface area (Å²) in [6, 6.07) is 3.58. The van der Waals surface area contributed by atoms with Crippen LogP contribution in [-0.2, 0) is 25.7 Å². The van der Waals surface area contributed by atoms with Crippen molar-refractivity contribution in [3.05, 3.63) is 36.3 Å². The van der Waals surface area contributed by atoms with E-state index in [0.717, 1.165) is 6.42 Å². The zero-order valence-corrected chi connectivity index (χ0v) is 16.7. The number of hydrogen-bond donors (Lipinski definition) is 1. The highest BCUT2D eigenvalue weighted by Gasteiger charge is 2.59. The number of nitrogens with zero attached hydrogens (tertiary/aromatic N) is 2. The van der Waals surface area contributed by atoms with E-state index < -0.39 is 0 Å². The Morgan fingerprint density at radius 2 is 1.73 bits per heavy atom. The maximum absolute atomic E-state index is 12.8. The number of hydrogen-bond acceptors (Lipinski definition) is 5. The van der Waals surface area contributed by atoms with Gasteiger partial charge in [0.1, 0.15) is 12.3 Å². The fourth-order valence-corrected chi connectivity index (χ4v) is 5.48. The first-order chi connectivity index (χ1) is 14.5. The second kappa shape index (κ2) is 7.41. The maximum Gasteiger partial charge on any atom is 0.242 e. The van der Waals surface area contributed by atoms with E-state index in [0.29, 0.717) is 38.2 Å². The summed E-state index contributed by atoms with van der Waals surface area (Å²) in [6.07, 6.45) is 7.67. The number of allylic oxidation sites excluding steroid dienone is 2. The molecule has 1 saturated carbocycles. The van der Waals surface area contributed by atoms with Crippen LogP contribution in [0, 0.1) is 29.6 Å². The van der Waals surface area contributed by atoms with Crippen molar-refractivity contribution in [2.45, 2.75) is 25.8 Å². The normalized spacial score (nSPS) is 30.3. The lowest BCUT2D eigenvalue weighted by atomic mass is 9.85. The van der Waals surface area contributed by atoms with Crippen LogP contribution in [0.15, 0.2) is 35.0 Å². The van der Waals surface area contributed by atoms with E-state index in [1.54, 1.807) is 23.3 Å². The number of imide groups is 1. The highest BCUT2D eigenvalue weighted by Crippen LogP contribution is 2.52. The monoisotopic (exact) mass is 411 g/mol. The second-order valence-corrected chi connectivity index (χ2v) is 8.71. The van der Waals surface area contributed by atoms with Gasteiger partial charge in [-0.1, -0.05) is 12.2 Å². The molecule has 1 aromatic heterocycles. The minimum Gasteiger partial charge on any atom is -0.467 e. The highest BCUT2D eigenvalue weighted by atomic mass is 16.3. The Balaban J connectivity index is 1.12. The van der Waals surface area contributed by atoms with Gasteiger partial charge in [-0.05, 0) is 43.2 Å². The number of carbonyl (C=O) groups is 4. The molecule has 5 rings (SSSR count). The fourth-order valence-electron chi connectivity index (χ4n) is 5.48. The molecule has 4 aliphatic rings. The zero-order chi connectivity index (χ0) is 20.8. The van der Waals surface area contributed by atoms with Crippen molar-refractivity contribution in [3.63, 3.8) is 0 Å². The van der Waals surface area contributed by atoms with Crippen molar-refractivity contribution in [1.29, 1.82) is 0 Å². The molecule has 1 aromatic rings. The lowest BCUT2D eigenvalue weighted by Crippen LogP contribution is -2.48. The SMILES string of the molecule is O=C(NCc1ccco1)C1CCN(C(=O)CN2C(=O)C3C4C=CC(C4)C3C2=O)CC1. The minimum atomic E-state index is -0.274. The Hall–Kier alpha value is -2.90. The molecule has 2 bridgehead atoms. The first-order valence-corrected chi connectivity index (χ1v) is 10.6. The molecule has 3 fully saturated rings. The van der Waals surface area contributed by atoms with Crippen LogP contribution in [-0.4, -0.2) is 53.1 Å². The molecule has 4 unspecified atom stereocenters. The van der Waals surface area contributed by atoms with Crippen LogP contribution in [0.5, 0.6) is 0 Å². The average molecular weight is 411 g/mol. The summed E-state index contributed by atoms with van der Waals surface area (Å²) in [5.41, 5.74) is 0. The summed E-state index contributed by atoms with van der Waals surface area (Å²) in [5.74, 6) is -0.355. The van der Waals surface area contributed by atoms with E-state index >= 15 is 0 Å². The molecule has 2 saturated heterocycles. The van der Waals surface area contributed by atoms with Gasteiger partial charge in [0.05, 0.1) is 24.6 Å². The number of furan rings is 1. The molecule has 2 aliphatic heterocycles. The summed E-state index contributed by atoms with van der Waals surface area (Å²) in [6.45, 7) is 1.07. The molecule has 0 spiro atoms. The third kappa shape index (κ3) is 3.14. The molecule has 3 heterocycles. The molecule has 0 radical (unpaired) electrons. The molecular weight excluding hydrogens is 386 g/mol. The van der Waals surface area contributed by atoms with E-state index in [4.69, 9.17) is 4.42 Å². The number of piperidine rings is 1. The van der Waals surface area contributed by atoms with E-state index in [2.05, 4.69) is 5.32 Å². The smallest absolute Gasteiger partial charge is 0.242 e. The average Bonchev–Trinajstić information content (AvgIpc) is 3.54. The van der Waals surface area contributed by atoms with E-state index in [1.807, 2.05) is 12.2 Å². The van der Waals surface area contributed by atoms with E-state index in [9.17, 15) is 19.2 Å². The van der Waals surface area contributed by atoms with Crippen LogP contribution in [0.25, 0.3) is 0 Å². The quantitative estimate of drug-likeness (QED) is 0.574. The van der Waals surface area contributed by atoms with Crippen LogP contribution >= 0.6 is 0 Å². The predicted octanol–water partition coefficient (Wildman–Crippen LogP) is 0.941. The number of nitrogens with one attached hydrogen (secondary N) is 1. The summed E-state index contributed by atoms with van der Waals surface area (Å²) in [4.78, 5) is 53.5. The molecule has 4 amide bonds. The van der Waals surface area contributed by atoms with Crippen LogP contribution < -0.4 is 5.32 Å².